The standard InChI is InChI=1S/C27H33N3S/c1-3-5-15-29-16-13-21(14-17-29)25-19-30(28)26-12-11-22(18-24(25)26)27(31)23-10-7-6-9-20(23)8-4-2/h6-7,9-13,18-19H,3-5,8,14-17,28H2,1-2H3. The van der Waals surface area contributed by atoms with E-state index in [1.165, 1.54) is 47.0 Å². The van der Waals surface area contributed by atoms with Crippen LogP contribution in [0.1, 0.15) is 61.8 Å². The number of nitrogens with two attached hydrogens (primary N) is 1. The molecule has 31 heavy (non-hydrogen) atoms. The average Bonchev–Trinajstić information content (AvgIpc) is 3.14. The van der Waals surface area contributed by atoms with E-state index in [1.807, 2.05) is 0 Å². The lowest BCUT2D eigenvalue weighted by Gasteiger charge is -2.26. The van der Waals surface area contributed by atoms with Crippen molar-refractivity contribution in [3.63, 3.8) is 0 Å². The van der Waals surface area contributed by atoms with Crippen LogP contribution in [0.25, 0.3) is 16.5 Å². The fourth-order valence-electron chi connectivity index (χ4n) is 4.58. The summed E-state index contributed by atoms with van der Waals surface area (Å²) in [5.74, 6) is 6.32. The van der Waals surface area contributed by atoms with Crippen LogP contribution in [-0.2, 0) is 6.42 Å². The maximum Gasteiger partial charge on any atom is 0.0696 e. The van der Waals surface area contributed by atoms with Gasteiger partial charge < -0.3 is 5.84 Å². The first-order valence-electron chi connectivity index (χ1n) is 11.6. The minimum absolute atomic E-state index is 0.921. The molecule has 2 aromatic carbocycles. The summed E-state index contributed by atoms with van der Waals surface area (Å²) in [6.07, 6.45) is 10.2. The molecular weight excluding hydrogens is 398 g/mol. The number of fused-ring (bicyclic) bond motifs is 1. The molecule has 0 spiro atoms. The Hall–Kier alpha value is -2.43. The Balaban J connectivity index is 1.67. The van der Waals surface area contributed by atoms with Crippen LogP contribution >= 0.6 is 12.2 Å². The fraction of sp³-hybridized carbons (Fsp3) is 0.370. The van der Waals surface area contributed by atoms with Gasteiger partial charge in [0, 0.05) is 30.2 Å². The van der Waals surface area contributed by atoms with Gasteiger partial charge >= 0.3 is 0 Å². The maximum absolute atomic E-state index is 6.32. The van der Waals surface area contributed by atoms with E-state index < -0.39 is 0 Å². The summed E-state index contributed by atoms with van der Waals surface area (Å²) in [5, 5.41) is 1.20. The van der Waals surface area contributed by atoms with Crippen molar-refractivity contribution in [2.24, 2.45) is 0 Å². The van der Waals surface area contributed by atoms with Crippen molar-refractivity contribution in [3.8, 4) is 0 Å². The van der Waals surface area contributed by atoms with Crippen LogP contribution in [0.2, 0.25) is 0 Å². The molecule has 0 unspecified atom stereocenters. The lowest BCUT2D eigenvalue weighted by Crippen LogP contribution is -2.29. The number of thiocarbonyl (C=S) groups is 1. The zero-order chi connectivity index (χ0) is 21.8. The summed E-state index contributed by atoms with van der Waals surface area (Å²) in [5.41, 5.74) is 7.30. The van der Waals surface area contributed by atoms with Crippen LogP contribution in [-0.4, -0.2) is 34.1 Å². The van der Waals surface area contributed by atoms with Crippen molar-refractivity contribution in [2.75, 3.05) is 25.5 Å². The van der Waals surface area contributed by atoms with Crippen molar-refractivity contribution < 1.29 is 0 Å². The van der Waals surface area contributed by atoms with E-state index in [9.17, 15) is 0 Å². The van der Waals surface area contributed by atoms with E-state index in [-0.39, 0.29) is 0 Å². The molecule has 0 fully saturated rings. The first-order chi connectivity index (χ1) is 15.1. The predicted octanol–water partition coefficient (Wildman–Crippen LogP) is 5.96. The number of aryl methyl sites for hydroxylation is 1. The highest BCUT2D eigenvalue weighted by molar-refractivity contribution is 7.81. The van der Waals surface area contributed by atoms with Gasteiger partial charge in [-0.2, -0.15) is 0 Å². The van der Waals surface area contributed by atoms with Gasteiger partial charge in [-0.3, -0.25) is 9.58 Å². The second kappa shape index (κ2) is 9.80. The fourth-order valence-corrected chi connectivity index (χ4v) is 4.90. The van der Waals surface area contributed by atoms with Gasteiger partial charge in [-0.1, -0.05) is 75.3 Å². The number of hydrogen-bond donors (Lipinski definition) is 1. The molecule has 0 saturated carbocycles. The van der Waals surface area contributed by atoms with Gasteiger partial charge in [-0.25, -0.2) is 0 Å². The lowest BCUT2D eigenvalue weighted by molar-refractivity contribution is 0.297. The molecule has 2 heterocycles. The van der Waals surface area contributed by atoms with E-state index >= 15 is 0 Å². The number of benzene rings is 2. The summed E-state index contributed by atoms with van der Waals surface area (Å²) in [6.45, 7) is 7.79. The minimum atomic E-state index is 0.921. The smallest absolute Gasteiger partial charge is 0.0696 e. The normalized spacial score (nSPS) is 14.7. The molecule has 0 atom stereocenters. The summed E-state index contributed by atoms with van der Waals surface area (Å²) < 4.78 is 1.76. The second-order valence-electron chi connectivity index (χ2n) is 8.55. The summed E-state index contributed by atoms with van der Waals surface area (Å²) >= 11 is 5.95. The van der Waals surface area contributed by atoms with Crippen molar-refractivity contribution in [1.82, 2.24) is 9.58 Å². The predicted molar refractivity (Wildman–Crippen MR) is 137 cm³/mol. The van der Waals surface area contributed by atoms with Crippen LogP contribution in [0.15, 0.2) is 54.7 Å². The molecule has 1 aliphatic rings. The zero-order valence-corrected chi connectivity index (χ0v) is 19.5. The maximum atomic E-state index is 6.32. The third-order valence-electron chi connectivity index (χ3n) is 6.34. The van der Waals surface area contributed by atoms with Gasteiger partial charge in [0.15, 0.2) is 0 Å². The highest BCUT2D eigenvalue weighted by Crippen LogP contribution is 2.32. The summed E-state index contributed by atoms with van der Waals surface area (Å²) in [4.78, 5) is 3.46. The quantitative estimate of drug-likeness (QED) is 0.271. The number of unbranched alkanes of at least 4 members (excludes halogenated alkanes) is 1. The molecule has 1 aliphatic heterocycles. The highest BCUT2D eigenvalue weighted by Gasteiger charge is 2.18. The number of nitrogen functional groups attached to an aromatic ring is 1. The van der Waals surface area contributed by atoms with Gasteiger partial charge in [-0.05, 0) is 60.2 Å². The molecule has 0 amide bonds. The Kier molecular flexibility index (Phi) is 6.89. The third kappa shape index (κ3) is 4.60. The highest BCUT2D eigenvalue weighted by atomic mass is 32.1. The molecule has 0 saturated heterocycles. The van der Waals surface area contributed by atoms with Gasteiger partial charge in [-0.15, -0.1) is 0 Å². The molecule has 1 aromatic heterocycles. The van der Waals surface area contributed by atoms with E-state index in [0.29, 0.717) is 0 Å². The van der Waals surface area contributed by atoms with E-state index in [1.54, 1.807) is 4.68 Å². The minimum Gasteiger partial charge on any atom is -0.339 e. The van der Waals surface area contributed by atoms with Gasteiger partial charge in [0.1, 0.15) is 0 Å². The van der Waals surface area contributed by atoms with Gasteiger partial charge in [0.25, 0.3) is 0 Å². The van der Waals surface area contributed by atoms with Crippen molar-refractivity contribution in [1.29, 1.82) is 0 Å². The van der Waals surface area contributed by atoms with Gasteiger partial charge in [0.2, 0.25) is 0 Å². The number of nitrogens with zero attached hydrogens (tertiary/aromatic N) is 2. The third-order valence-corrected chi connectivity index (χ3v) is 6.80. The monoisotopic (exact) mass is 431 g/mol. The Morgan fingerprint density at radius 3 is 2.68 bits per heavy atom. The van der Waals surface area contributed by atoms with E-state index in [2.05, 4.69) is 73.5 Å². The van der Waals surface area contributed by atoms with Crippen molar-refractivity contribution in [3.05, 3.63) is 77.0 Å². The Morgan fingerprint density at radius 1 is 1.10 bits per heavy atom. The second-order valence-corrected chi connectivity index (χ2v) is 8.96. The van der Waals surface area contributed by atoms with Crippen LogP contribution in [0.3, 0.4) is 0 Å². The molecule has 162 valence electrons. The Labute approximate surface area is 191 Å². The number of hydrogen-bond acceptors (Lipinski definition) is 3. The molecule has 3 aromatic rings. The molecule has 0 radical (unpaired) electrons. The summed E-state index contributed by atoms with van der Waals surface area (Å²) in [7, 11) is 0. The molecule has 4 rings (SSSR count). The molecule has 0 aliphatic carbocycles. The van der Waals surface area contributed by atoms with E-state index in [0.717, 1.165) is 48.3 Å². The largest absolute Gasteiger partial charge is 0.339 e. The van der Waals surface area contributed by atoms with Crippen LogP contribution in [0, 0.1) is 0 Å². The Morgan fingerprint density at radius 2 is 1.94 bits per heavy atom. The zero-order valence-electron chi connectivity index (χ0n) is 18.7. The molecular formula is C27H33N3S. The Bertz CT molecular complexity index is 1110. The van der Waals surface area contributed by atoms with Crippen LogP contribution in [0.4, 0.5) is 0 Å². The molecule has 2 N–H and O–H groups in total. The molecule has 3 nitrogen and oxygen atoms in total. The lowest BCUT2D eigenvalue weighted by atomic mass is 9.94. The first kappa shape index (κ1) is 21.8. The van der Waals surface area contributed by atoms with Crippen LogP contribution < -0.4 is 5.84 Å². The SMILES string of the molecule is CCCCN1CC=C(c2cn(N)c3ccc(C(=S)c4ccccc4CCC)cc23)CC1. The number of aromatic nitrogens is 1. The average molecular weight is 432 g/mol. The van der Waals surface area contributed by atoms with Crippen molar-refractivity contribution in [2.45, 2.75) is 46.0 Å². The summed E-state index contributed by atoms with van der Waals surface area (Å²) in [6, 6.07) is 15.0. The van der Waals surface area contributed by atoms with Crippen molar-refractivity contribution >= 4 is 33.6 Å². The van der Waals surface area contributed by atoms with Gasteiger partial charge in [0.05, 0.1) is 10.4 Å². The van der Waals surface area contributed by atoms with E-state index in [4.69, 9.17) is 18.1 Å². The molecule has 4 heteroatoms. The topological polar surface area (TPSA) is 34.2 Å². The molecule has 0 bridgehead atoms. The van der Waals surface area contributed by atoms with Crippen LogP contribution in [0.5, 0.6) is 0 Å². The number of rotatable bonds is 8. The first-order valence-corrected chi connectivity index (χ1v) is 12.0.